The van der Waals surface area contributed by atoms with Crippen LogP contribution in [0.4, 0.5) is 11.4 Å². The molecule has 7 heteroatoms. The molecule has 0 aromatic heterocycles. The number of nitrogens with one attached hydrogen (secondary N) is 2. The van der Waals surface area contributed by atoms with E-state index in [0.717, 1.165) is 23.4 Å². The van der Waals surface area contributed by atoms with E-state index in [1.165, 1.54) is 11.8 Å². The molecule has 0 atom stereocenters. The second-order valence-electron chi connectivity index (χ2n) is 6.37. The van der Waals surface area contributed by atoms with Gasteiger partial charge in [0.05, 0.1) is 5.75 Å². The molecule has 1 aliphatic rings. The third-order valence-corrected chi connectivity index (χ3v) is 5.06. The van der Waals surface area contributed by atoms with Crippen LogP contribution in [0.5, 0.6) is 11.5 Å². The van der Waals surface area contributed by atoms with Gasteiger partial charge in [0, 0.05) is 28.8 Å². The minimum Gasteiger partial charge on any atom is -0.486 e. The second-order valence-corrected chi connectivity index (χ2v) is 7.42. The maximum Gasteiger partial charge on any atom is 0.234 e. The molecule has 28 heavy (non-hydrogen) atoms. The van der Waals surface area contributed by atoms with Crippen LogP contribution in [0.15, 0.2) is 47.4 Å². The summed E-state index contributed by atoms with van der Waals surface area (Å²) >= 11 is 1.42. The van der Waals surface area contributed by atoms with Crippen LogP contribution in [-0.4, -0.2) is 30.8 Å². The lowest BCUT2D eigenvalue weighted by molar-refractivity contribution is -0.116. The van der Waals surface area contributed by atoms with Crippen LogP contribution in [0, 0.1) is 0 Å². The monoisotopic (exact) mass is 400 g/mol. The van der Waals surface area contributed by atoms with Crippen molar-refractivity contribution in [3.8, 4) is 11.5 Å². The van der Waals surface area contributed by atoms with Crippen molar-refractivity contribution in [3.05, 3.63) is 42.5 Å². The van der Waals surface area contributed by atoms with Gasteiger partial charge in [-0.25, -0.2) is 0 Å². The van der Waals surface area contributed by atoms with E-state index in [1.54, 1.807) is 18.2 Å². The Morgan fingerprint density at radius 2 is 1.71 bits per heavy atom. The fourth-order valence-electron chi connectivity index (χ4n) is 2.69. The number of rotatable bonds is 8. The molecular weight excluding hydrogens is 376 g/mol. The van der Waals surface area contributed by atoms with Gasteiger partial charge in [0.25, 0.3) is 0 Å². The highest BCUT2D eigenvalue weighted by Gasteiger charge is 2.13. The van der Waals surface area contributed by atoms with Gasteiger partial charge in [0.1, 0.15) is 13.2 Å². The first kappa shape index (κ1) is 20.1. The van der Waals surface area contributed by atoms with E-state index in [1.807, 2.05) is 24.3 Å². The van der Waals surface area contributed by atoms with Crippen molar-refractivity contribution in [1.82, 2.24) is 0 Å². The van der Waals surface area contributed by atoms with Gasteiger partial charge in [-0.1, -0.05) is 19.4 Å². The summed E-state index contributed by atoms with van der Waals surface area (Å²) in [4.78, 5) is 25.0. The lowest BCUT2D eigenvalue weighted by Crippen LogP contribution is -2.17. The number of amides is 2. The molecule has 2 aromatic rings. The van der Waals surface area contributed by atoms with Gasteiger partial charge in [0.2, 0.25) is 11.8 Å². The molecule has 1 heterocycles. The van der Waals surface area contributed by atoms with Crippen molar-refractivity contribution >= 4 is 35.0 Å². The smallest absolute Gasteiger partial charge is 0.234 e. The number of benzene rings is 2. The molecule has 6 nitrogen and oxygen atoms in total. The summed E-state index contributed by atoms with van der Waals surface area (Å²) in [6.45, 7) is 3.10. The van der Waals surface area contributed by atoms with E-state index in [0.29, 0.717) is 36.8 Å². The Hall–Kier alpha value is -2.67. The van der Waals surface area contributed by atoms with Crippen LogP contribution < -0.4 is 20.1 Å². The Labute approximate surface area is 169 Å². The van der Waals surface area contributed by atoms with Crippen molar-refractivity contribution < 1.29 is 19.1 Å². The van der Waals surface area contributed by atoms with E-state index in [2.05, 4.69) is 17.6 Å². The summed E-state index contributed by atoms with van der Waals surface area (Å²) in [5.74, 6) is 1.50. The van der Waals surface area contributed by atoms with Crippen LogP contribution in [0.1, 0.15) is 26.2 Å². The Bertz CT molecular complexity index is 841. The average Bonchev–Trinajstić information content (AvgIpc) is 2.71. The summed E-state index contributed by atoms with van der Waals surface area (Å²) in [7, 11) is 0. The van der Waals surface area contributed by atoms with E-state index < -0.39 is 0 Å². The van der Waals surface area contributed by atoms with Crippen LogP contribution >= 0.6 is 11.8 Å². The molecule has 0 saturated heterocycles. The van der Waals surface area contributed by atoms with Crippen molar-refractivity contribution in [2.75, 3.05) is 29.6 Å². The molecule has 0 unspecified atom stereocenters. The van der Waals surface area contributed by atoms with E-state index in [4.69, 9.17) is 9.47 Å². The minimum atomic E-state index is -0.112. The van der Waals surface area contributed by atoms with E-state index >= 15 is 0 Å². The van der Waals surface area contributed by atoms with Gasteiger partial charge < -0.3 is 20.1 Å². The Kier molecular flexibility index (Phi) is 7.19. The maximum absolute atomic E-state index is 12.3. The molecule has 0 aliphatic carbocycles. The standard InChI is InChI=1S/C21H24N2O4S/c1-2-3-7-20(24)22-15-5-4-6-17(12-15)28-14-21(25)23-16-8-9-18-19(13-16)27-11-10-26-18/h4-6,8-9,12-13H,2-3,7,10-11,14H2,1H3,(H,22,24)(H,23,25). The molecule has 2 aromatic carbocycles. The molecule has 3 rings (SSSR count). The normalized spacial score (nSPS) is 12.3. The highest BCUT2D eigenvalue weighted by Crippen LogP contribution is 2.32. The molecule has 0 spiro atoms. The number of hydrogen-bond acceptors (Lipinski definition) is 5. The summed E-state index contributed by atoms with van der Waals surface area (Å²) in [5, 5.41) is 5.76. The lowest BCUT2D eigenvalue weighted by Gasteiger charge is -2.19. The zero-order chi connectivity index (χ0) is 19.8. The summed E-state index contributed by atoms with van der Waals surface area (Å²) < 4.78 is 11.0. The summed E-state index contributed by atoms with van der Waals surface area (Å²) in [6, 6.07) is 12.9. The van der Waals surface area contributed by atoms with Crippen LogP contribution in [0.2, 0.25) is 0 Å². The maximum atomic E-state index is 12.3. The molecular formula is C21H24N2O4S. The molecule has 0 fully saturated rings. The van der Waals surface area contributed by atoms with Gasteiger partial charge in [0.15, 0.2) is 11.5 Å². The lowest BCUT2D eigenvalue weighted by atomic mass is 10.2. The fourth-order valence-corrected chi connectivity index (χ4v) is 3.45. The number of ether oxygens (including phenoxy) is 2. The third-order valence-electron chi connectivity index (χ3n) is 4.07. The predicted octanol–water partition coefficient (Wildman–Crippen LogP) is 4.32. The fraction of sp³-hybridized carbons (Fsp3) is 0.333. The highest BCUT2D eigenvalue weighted by atomic mass is 32.2. The number of anilines is 2. The first-order valence-corrected chi connectivity index (χ1v) is 10.3. The number of fused-ring (bicyclic) bond motifs is 1. The number of carbonyl (C=O) groups is 2. The molecule has 1 aliphatic heterocycles. The molecule has 0 radical (unpaired) electrons. The second kappa shape index (κ2) is 10.0. The Morgan fingerprint density at radius 3 is 2.54 bits per heavy atom. The van der Waals surface area contributed by atoms with Gasteiger partial charge in [-0.2, -0.15) is 0 Å². The van der Waals surface area contributed by atoms with Crippen molar-refractivity contribution in [2.45, 2.75) is 31.1 Å². The molecule has 0 saturated carbocycles. The zero-order valence-electron chi connectivity index (χ0n) is 15.8. The number of thioether (sulfide) groups is 1. The van der Waals surface area contributed by atoms with Crippen LogP contribution in [0.3, 0.4) is 0 Å². The van der Waals surface area contributed by atoms with Gasteiger partial charge >= 0.3 is 0 Å². The van der Waals surface area contributed by atoms with Crippen molar-refractivity contribution in [3.63, 3.8) is 0 Å². The average molecular weight is 401 g/mol. The number of unbranched alkanes of at least 4 members (excludes halogenated alkanes) is 1. The predicted molar refractivity (Wildman–Crippen MR) is 111 cm³/mol. The number of carbonyl (C=O) groups excluding carboxylic acids is 2. The quantitative estimate of drug-likeness (QED) is 0.646. The van der Waals surface area contributed by atoms with Crippen LogP contribution in [0.25, 0.3) is 0 Å². The molecule has 0 bridgehead atoms. The minimum absolute atomic E-state index is 0.0142. The molecule has 148 valence electrons. The number of hydrogen-bond donors (Lipinski definition) is 2. The molecule has 2 amide bonds. The SMILES string of the molecule is CCCCC(=O)Nc1cccc(SCC(=O)Nc2ccc3c(c2)OCCO3)c1. The largest absolute Gasteiger partial charge is 0.486 e. The Morgan fingerprint density at radius 1 is 0.964 bits per heavy atom. The summed E-state index contributed by atoms with van der Waals surface area (Å²) in [5.41, 5.74) is 1.42. The zero-order valence-corrected chi connectivity index (χ0v) is 16.6. The first-order valence-electron chi connectivity index (χ1n) is 9.36. The van der Waals surface area contributed by atoms with E-state index in [-0.39, 0.29) is 17.6 Å². The van der Waals surface area contributed by atoms with Crippen molar-refractivity contribution in [2.24, 2.45) is 0 Å². The van der Waals surface area contributed by atoms with Crippen molar-refractivity contribution in [1.29, 1.82) is 0 Å². The summed E-state index contributed by atoms with van der Waals surface area (Å²) in [6.07, 6.45) is 2.38. The first-order chi connectivity index (χ1) is 13.6. The van der Waals surface area contributed by atoms with Gasteiger partial charge in [-0.3, -0.25) is 9.59 Å². The topological polar surface area (TPSA) is 76.7 Å². The van der Waals surface area contributed by atoms with Crippen LogP contribution in [-0.2, 0) is 9.59 Å². The third kappa shape index (κ3) is 5.92. The van der Waals surface area contributed by atoms with E-state index in [9.17, 15) is 9.59 Å². The highest BCUT2D eigenvalue weighted by molar-refractivity contribution is 8.00. The molecule has 2 N–H and O–H groups in total. The Balaban J connectivity index is 1.50. The van der Waals surface area contributed by atoms with Gasteiger partial charge in [-0.05, 0) is 36.8 Å². The van der Waals surface area contributed by atoms with Gasteiger partial charge in [-0.15, -0.1) is 11.8 Å².